The molecule has 1 N–H and O–H groups in total. The number of hydrogen-bond donors (Lipinski definition) is 1. The van der Waals surface area contributed by atoms with Gasteiger partial charge in [-0.3, -0.25) is 5.32 Å². The number of thiazole rings is 1. The van der Waals surface area contributed by atoms with E-state index in [1.807, 2.05) is 0 Å². The molecule has 1 aliphatic heterocycles. The van der Waals surface area contributed by atoms with E-state index in [0.29, 0.717) is 0 Å². The molecule has 2 rings (SSSR count). The lowest BCUT2D eigenvalue weighted by molar-refractivity contribution is -0.666. The normalized spacial score (nSPS) is 15.5. The number of aromatic nitrogens is 1. The van der Waals surface area contributed by atoms with Crippen LogP contribution < -0.4 is 9.88 Å². The van der Waals surface area contributed by atoms with Gasteiger partial charge < -0.3 is 0 Å². The van der Waals surface area contributed by atoms with Gasteiger partial charge in [-0.2, -0.15) is 0 Å². The Morgan fingerprint density at radius 1 is 1.75 bits per heavy atom. The molecule has 0 bridgehead atoms. The lowest BCUT2D eigenvalue weighted by Crippen LogP contribution is -2.26. The molecule has 0 radical (unpaired) electrons. The smallest absolute Gasteiger partial charge is 0.261 e. The van der Waals surface area contributed by atoms with Crippen molar-refractivity contribution in [2.75, 3.05) is 11.9 Å². The van der Waals surface area contributed by atoms with Crippen LogP contribution in [0, 0.1) is 0 Å². The fraction of sp³-hybridized carbons (Fsp3) is 0.400. The molecule has 0 unspecified atom stereocenters. The lowest BCUT2D eigenvalue weighted by Gasteiger charge is -1.76. The van der Waals surface area contributed by atoms with Gasteiger partial charge in [-0.25, -0.2) is 4.57 Å². The first-order valence-corrected chi connectivity index (χ1v) is 3.55. The van der Waals surface area contributed by atoms with Gasteiger partial charge in [0.1, 0.15) is 19.3 Å². The van der Waals surface area contributed by atoms with E-state index in [1.54, 1.807) is 11.3 Å². The summed E-state index contributed by atoms with van der Waals surface area (Å²) in [5.41, 5.74) is 0. The third kappa shape index (κ3) is 0.448. The maximum atomic E-state index is 3.26. The molecule has 0 aliphatic carbocycles. The monoisotopic (exact) mass is 127 g/mol. The molecule has 2 nitrogen and oxygen atoms in total. The van der Waals surface area contributed by atoms with Gasteiger partial charge in [-0.1, -0.05) is 11.3 Å². The molecular weight excluding hydrogens is 120 g/mol. The van der Waals surface area contributed by atoms with E-state index >= 15 is 0 Å². The van der Waals surface area contributed by atoms with E-state index in [0.717, 1.165) is 13.1 Å². The van der Waals surface area contributed by atoms with E-state index in [9.17, 15) is 0 Å². The van der Waals surface area contributed by atoms with Crippen molar-refractivity contribution >= 4 is 16.5 Å². The van der Waals surface area contributed by atoms with Crippen LogP contribution in [0.15, 0.2) is 11.6 Å². The van der Waals surface area contributed by atoms with Crippen LogP contribution >= 0.6 is 11.3 Å². The molecule has 1 aliphatic rings. The van der Waals surface area contributed by atoms with Gasteiger partial charge in [0.2, 0.25) is 0 Å². The number of rotatable bonds is 0. The summed E-state index contributed by atoms with van der Waals surface area (Å²) in [6.45, 7) is 2.24. The summed E-state index contributed by atoms with van der Waals surface area (Å²) in [6, 6.07) is 0. The van der Waals surface area contributed by atoms with Crippen molar-refractivity contribution in [3.8, 4) is 0 Å². The van der Waals surface area contributed by atoms with E-state index in [-0.39, 0.29) is 0 Å². The number of fused-ring (bicyclic) bond motifs is 1. The summed E-state index contributed by atoms with van der Waals surface area (Å²) in [7, 11) is 0. The van der Waals surface area contributed by atoms with Crippen LogP contribution in [-0.2, 0) is 6.54 Å². The Hall–Kier alpha value is -0.570. The second-order valence-corrected chi connectivity index (χ2v) is 2.72. The zero-order chi connectivity index (χ0) is 5.40. The lowest BCUT2D eigenvalue weighted by atomic mass is 10.7. The first-order chi connectivity index (χ1) is 3.97. The zero-order valence-electron chi connectivity index (χ0n) is 4.42. The number of nitrogens with zero attached hydrogens (tertiary/aromatic N) is 1. The first kappa shape index (κ1) is 4.32. The van der Waals surface area contributed by atoms with E-state index < -0.39 is 0 Å². The molecule has 0 saturated carbocycles. The molecule has 0 amide bonds. The number of hydrogen-bond acceptors (Lipinski definition) is 2. The first-order valence-electron chi connectivity index (χ1n) is 2.67. The number of nitrogens with one attached hydrogen (secondary N) is 1. The second kappa shape index (κ2) is 1.45. The molecule has 1 aromatic rings. The minimum Gasteiger partial charge on any atom is -0.261 e. The van der Waals surface area contributed by atoms with Crippen molar-refractivity contribution in [2.24, 2.45) is 0 Å². The summed E-state index contributed by atoms with van der Waals surface area (Å²) in [5, 5.41) is 6.66. The van der Waals surface area contributed by atoms with Crippen molar-refractivity contribution < 1.29 is 4.57 Å². The van der Waals surface area contributed by atoms with Crippen molar-refractivity contribution in [1.82, 2.24) is 0 Å². The van der Waals surface area contributed by atoms with Crippen LogP contribution in [-0.4, -0.2) is 6.54 Å². The predicted molar refractivity (Wildman–Crippen MR) is 33.0 cm³/mol. The van der Waals surface area contributed by atoms with Crippen LogP contribution in [0.25, 0.3) is 0 Å². The molecule has 3 heteroatoms. The summed E-state index contributed by atoms with van der Waals surface area (Å²) in [5.74, 6) is 0. The largest absolute Gasteiger partial charge is 0.334 e. The SMILES string of the molecule is c1c[n+]2c(s1)NCC2. The Bertz CT molecular complexity index is 176. The Kier molecular flexibility index (Phi) is 0.784. The van der Waals surface area contributed by atoms with Crippen molar-refractivity contribution in [3.63, 3.8) is 0 Å². The van der Waals surface area contributed by atoms with E-state index in [4.69, 9.17) is 0 Å². The third-order valence-corrected chi connectivity index (χ3v) is 2.17. The molecule has 42 valence electrons. The van der Waals surface area contributed by atoms with Gasteiger partial charge in [0, 0.05) is 5.38 Å². The third-order valence-electron chi connectivity index (χ3n) is 1.31. The summed E-state index contributed by atoms with van der Waals surface area (Å²) in [4.78, 5) is 0. The summed E-state index contributed by atoms with van der Waals surface area (Å²) in [6.07, 6.45) is 2.11. The molecule has 0 aromatic carbocycles. The standard InChI is InChI=1S/C5H6N2S/c1-2-7-3-4-8-5(7)6-1/h3-4H,1-2H2/p+1. The highest BCUT2D eigenvalue weighted by molar-refractivity contribution is 7.13. The fourth-order valence-electron chi connectivity index (χ4n) is 0.906. The summed E-state index contributed by atoms with van der Waals surface area (Å²) < 4.78 is 2.23. The fourth-order valence-corrected chi connectivity index (χ4v) is 1.72. The highest BCUT2D eigenvalue weighted by Gasteiger charge is 2.16. The molecule has 0 spiro atoms. The van der Waals surface area contributed by atoms with Gasteiger partial charge in [0.05, 0.1) is 0 Å². The van der Waals surface area contributed by atoms with Crippen molar-refractivity contribution in [3.05, 3.63) is 11.6 Å². The highest BCUT2D eigenvalue weighted by atomic mass is 32.1. The van der Waals surface area contributed by atoms with Crippen LogP contribution in [0.3, 0.4) is 0 Å². The quantitative estimate of drug-likeness (QED) is 0.501. The van der Waals surface area contributed by atoms with Crippen molar-refractivity contribution in [2.45, 2.75) is 6.54 Å². The topological polar surface area (TPSA) is 15.9 Å². The van der Waals surface area contributed by atoms with E-state index in [1.165, 1.54) is 5.13 Å². The molecule has 8 heavy (non-hydrogen) atoms. The minimum atomic E-state index is 1.10. The van der Waals surface area contributed by atoms with Crippen LogP contribution in [0.2, 0.25) is 0 Å². The van der Waals surface area contributed by atoms with Crippen LogP contribution in [0.4, 0.5) is 5.13 Å². The molecule has 1 aromatic heterocycles. The van der Waals surface area contributed by atoms with Crippen LogP contribution in [0.1, 0.15) is 0 Å². The average Bonchev–Trinajstić information content (AvgIpc) is 2.15. The average molecular weight is 127 g/mol. The van der Waals surface area contributed by atoms with Gasteiger partial charge in [-0.15, -0.1) is 0 Å². The molecular formula is C5H7N2S+. The summed E-state index contributed by atoms with van der Waals surface area (Å²) >= 11 is 1.76. The maximum Gasteiger partial charge on any atom is 0.334 e. The van der Waals surface area contributed by atoms with Gasteiger partial charge in [0.15, 0.2) is 0 Å². The highest BCUT2D eigenvalue weighted by Crippen LogP contribution is 2.11. The van der Waals surface area contributed by atoms with Crippen LogP contribution in [0.5, 0.6) is 0 Å². The van der Waals surface area contributed by atoms with Gasteiger partial charge in [0.25, 0.3) is 0 Å². The predicted octanol–water partition coefficient (Wildman–Crippen LogP) is 0.461. The molecule has 0 atom stereocenters. The maximum absolute atomic E-state index is 3.26. The Morgan fingerprint density at radius 2 is 2.75 bits per heavy atom. The van der Waals surface area contributed by atoms with Crippen molar-refractivity contribution in [1.29, 1.82) is 0 Å². The minimum absolute atomic E-state index is 1.10. The van der Waals surface area contributed by atoms with E-state index in [2.05, 4.69) is 21.5 Å². The van der Waals surface area contributed by atoms with Gasteiger partial charge in [-0.05, 0) is 0 Å². The molecule has 0 saturated heterocycles. The van der Waals surface area contributed by atoms with Gasteiger partial charge >= 0.3 is 5.13 Å². The molecule has 2 heterocycles. The Balaban J connectivity index is 2.54. The Morgan fingerprint density at radius 3 is 3.62 bits per heavy atom. The number of anilines is 1. The zero-order valence-corrected chi connectivity index (χ0v) is 5.24. The molecule has 0 fully saturated rings. The second-order valence-electron chi connectivity index (χ2n) is 1.83. The Labute approximate surface area is 51.8 Å².